The minimum Gasteiger partial charge on any atom is -0.467 e. The number of nitrogens with zero attached hydrogens (tertiary/aromatic N) is 1. The van der Waals surface area contributed by atoms with Gasteiger partial charge in [0.05, 0.1) is 25.8 Å². The van der Waals surface area contributed by atoms with E-state index in [1.807, 2.05) is 24.3 Å². The van der Waals surface area contributed by atoms with Crippen LogP contribution in [0.1, 0.15) is 39.5 Å². The molecule has 0 saturated carbocycles. The van der Waals surface area contributed by atoms with E-state index in [4.69, 9.17) is 15.9 Å². The van der Waals surface area contributed by atoms with Crippen LogP contribution < -0.4 is 0 Å². The van der Waals surface area contributed by atoms with Crippen LogP contribution in [0.4, 0.5) is 0 Å². The van der Waals surface area contributed by atoms with Gasteiger partial charge in [0.15, 0.2) is 0 Å². The van der Waals surface area contributed by atoms with Gasteiger partial charge in [-0.15, -0.1) is 6.42 Å². The highest BCUT2D eigenvalue weighted by Gasteiger charge is 2.45. The molecule has 1 heterocycles. The first-order valence-corrected chi connectivity index (χ1v) is 9.85. The fraction of sp³-hybridized carbons (Fsp3) is 0.240. The summed E-state index contributed by atoms with van der Waals surface area (Å²) in [5, 5.41) is 0. The number of terminal acetylenes is 1. The third-order valence-electron chi connectivity index (χ3n) is 5.93. The molecule has 0 unspecified atom stereocenters. The van der Waals surface area contributed by atoms with Crippen molar-refractivity contribution in [1.29, 1.82) is 0 Å². The zero-order valence-electron chi connectivity index (χ0n) is 17.3. The molecule has 0 radical (unpaired) electrons. The van der Waals surface area contributed by atoms with Crippen LogP contribution in [0.2, 0.25) is 0 Å². The summed E-state index contributed by atoms with van der Waals surface area (Å²) in [5.74, 6) is 0.613. The van der Waals surface area contributed by atoms with Crippen LogP contribution in [-0.4, -0.2) is 43.0 Å². The zero-order valence-corrected chi connectivity index (χ0v) is 17.3. The van der Waals surface area contributed by atoms with Crippen molar-refractivity contribution in [2.45, 2.75) is 24.9 Å². The maximum Gasteiger partial charge on any atom is 0.337 e. The zero-order chi connectivity index (χ0) is 22.1. The van der Waals surface area contributed by atoms with E-state index in [1.54, 1.807) is 24.3 Å². The number of carbonyl (C=O) groups is 3. The second-order valence-corrected chi connectivity index (χ2v) is 7.45. The summed E-state index contributed by atoms with van der Waals surface area (Å²) in [7, 11) is 2.62. The predicted molar refractivity (Wildman–Crippen MR) is 114 cm³/mol. The van der Waals surface area contributed by atoms with E-state index in [2.05, 4.69) is 5.92 Å². The van der Waals surface area contributed by atoms with Gasteiger partial charge in [0.1, 0.15) is 6.04 Å². The molecule has 0 aromatic heterocycles. The number of carbonyl (C=O) groups excluding carboxylic acids is 3. The molecule has 2 aromatic rings. The van der Waals surface area contributed by atoms with Gasteiger partial charge in [0.2, 0.25) is 0 Å². The first-order valence-electron chi connectivity index (χ1n) is 9.85. The van der Waals surface area contributed by atoms with Crippen molar-refractivity contribution in [2.75, 3.05) is 14.2 Å². The third kappa shape index (κ3) is 3.38. The quantitative estimate of drug-likeness (QED) is 0.569. The van der Waals surface area contributed by atoms with Crippen LogP contribution in [0.5, 0.6) is 0 Å². The number of ether oxygens (including phenoxy) is 2. The van der Waals surface area contributed by atoms with Crippen LogP contribution >= 0.6 is 0 Å². The van der Waals surface area contributed by atoms with Crippen LogP contribution in [-0.2, 0) is 25.5 Å². The molecule has 0 N–H and O–H groups in total. The summed E-state index contributed by atoms with van der Waals surface area (Å²) in [6.45, 7) is 0. The molecule has 31 heavy (non-hydrogen) atoms. The van der Waals surface area contributed by atoms with Crippen molar-refractivity contribution in [1.82, 2.24) is 4.90 Å². The summed E-state index contributed by atoms with van der Waals surface area (Å²) in [6.07, 6.45) is 6.47. The SMILES string of the molecule is C#CC(=O)N1[C@@H](C(=O)OC)CC2=C(Cc3ccccc32)[C@@H]1c1ccc(C(=O)OC)cc1. The van der Waals surface area contributed by atoms with Crippen LogP contribution in [0, 0.1) is 12.3 Å². The molecule has 1 aliphatic heterocycles. The van der Waals surface area contributed by atoms with Gasteiger partial charge in [0, 0.05) is 6.42 Å². The van der Waals surface area contributed by atoms with Crippen LogP contribution in [0.25, 0.3) is 5.57 Å². The highest BCUT2D eigenvalue weighted by atomic mass is 16.5. The maximum atomic E-state index is 12.8. The summed E-state index contributed by atoms with van der Waals surface area (Å²) in [6, 6.07) is 13.4. The van der Waals surface area contributed by atoms with Gasteiger partial charge in [-0.1, -0.05) is 36.4 Å². The fourth-order valence-electron chi connectivity index (χ4n) is 4.54. The van der Waals surface area contributed by atoms with E-state index in [0.717, 1.165) is 27.8 Å². The molecule has 2 aromatic carbocycles. The lowest BCUT2D eigenvalue weighted by molar-refractivity contribution is -0.152. The van der Waals surface area contributed by atoms with Crippen molar-refractivity contribution >= 4 is 23.4 Å². The molecule has 0 saturated heterocycles. The van der Waals surface area contributed by atoms with Gasteiger partial charge in [0.25, 0.3) is 5.91 Å². The number of hydrogen-bond donors (Lipinski definition) is 0. The molecule has 0 spiro atoms. The van der Waals surface area contributed by atoms with Gasteiger partial charge >= 0.3 is 11.9 Å². The topological polar surface area (TPSA) is 72.9 Å². The lowest BCUT2D eigenvalue weighted by Crippen LogP contribution is -2.50. The molecule has 2 atom stereocenters. The second-order valence-electron chi connectivity index (χ2n) is 7.45. The standard InChI is InChI=1S/C25H21NO5/c1-4-22(27)26-21(25(29)31-3)14-19-18-8-6-5-7-17(18)13-20(19)23(26)15-9-11-16(12-10-15)24(28)30-2/h1,5-12,21,23H,13-14H2,2-3H3/t21-,23+/m1/s1. The normalized spacial score (nSPS) is 19.2. The fourth-order valence-corrected chi connectivity index (χ4v) is 4.54. The minimum atomic E-state index is -0.844. The van der Waals surface area contributed by atoms with Gasteiger partial charge < -0.3 is 14.4 Å². The lowest BCUT2D eigenvalue weighted by Gasteiger charge is -2.41. The van der Waals surface area contributed by atoms with E-state index < -0.39 is 29.9 Å². The van der Waals surface area contributed by atoms with Gasteiger partial charge in [-0.3, -0.25) is 4.79 Å². The largest absolute Gasteiger partial charge is 0.467 e. The smallest absolute Gasteiger partial charge is 0.337 e. The van der Waals surface area contributed by atoms with Crippen molar-refractivity contribution in [2.24, 2.45) is 0 Å². The summed E-state index contributed by atoms with van der Waals surface area (Å²) in [5.41, 5.74) is 5.43. The second kappa shape index (κ2) is 8.11. The van der Waals surface area contributed by atoms with E-state index in [1.165, 1.54) is 19.1 Å². The van der Waals surface area contributed by atoms with E-state index in [9.17, 15) is 14.4 Å². The Bertz CT molecular complexity index is 1140. The lowest BCUT2D eigenvalue weighted by atomic mass is 9.84. The van der Waals surface area contributed by atoms with Crippen LogP contribution in [0.3, 0.4) is 0 Å². The molecule has 6 nitrogen and oxygen atoms in total. The van der Waals surface area contributed by atoms with Gasteiger partial charge in [-0.05, 0) is 52.3 Å². The Morgan fingerprint density at radius 1 is 1.03 bits per heavy atom. The van der Waals surface area contributed by atoms with Crippen LogP contribution in [0.15, 0.2) is 54.1 Å². The highest BCUT2D eigenvalue weighted by molar-refractivity contribution is 5.98. The molecule has 0 bridgehead atoms. The number of esters is 2. The number of fused-ring (bicyclic) bond motifs is 2. The molecule has 1 aliphatic carbocycles. The van der Waals surface area contributed by atoms with Crippen molar-refractivity contribution in [3.63, 3.8) is 0 Å². The van der Waals surface area contributed by atoms with Crippen molar-refractivity contribution in [3.8, 4) is 12.3 Å². The Kier molecular flexibility index (Phi) is 5.35. The number of methoxy groups -OCH3 is 2. The minimum absolute atomic E-state index is 0.336. The Hall–Kier alpha value is -3.85. The Labute approximate surface area is 180 Å². The van der Waals surface area contributed by atoms with E-state index >= 15 is 0 Å². The third-order valence-corrected chi connectivity index (χ3v) is 5.93. The summed E-state index contributed by atoms with van der Waals surface area (Å²) in [4.78, 5) is 38.8. The Morgan fingerprint density at radius 2 is 1.74 bits per heavy atom. The Morgan fingerprint density at radius 3 is 2.39 bits per heavy atom. The average molecular weight is 415 g/mol. The number of benzene rings is 2. The molecule has 156 valence electrons. The monoisotopic (exact) mass is 415 g/mol. The molecular formula is C25H21NO5. The van der Waals surface area contributed by atoms with E-state index in [-0.39, 0.29) is 0 Å². The Balaban J connectivity index is 1.88. The molecule has 4 rings (SSSR count). The summed E-state index contributed by atoms with van der Waals surface area (Å²) < 4.78 is 9.79. The highest BCUT2D eigenvalue weighted by Crippen LogP contribution is 2.48. The molecule has 6 heteroatoms. The number of amides is 1. The van der Waals surface area contributed by atoms with Crippen molar-refractivity contribution < 1.29 is 23.9 Å². The number of hydrogen-bond acceptors (Lipinski definition) is 5. The first-order chi connectivity index (χ1) is 15.0. The number of rotatable bonds is 3. The average Bonchev–Trinajstić information content (AvgIpc) is 3.19. The molecule has 2 aliphatic rings. The first kappa shape index (κ1) is 20.4. The van der Waals surface area contributed by atoms with Gasteiger partial charge in [-0.25, -0.2) is 9.59 Å². The summed E-state index contributed by atoms with van der Waals surface area (Å²) >= 11 is 0. The molecule has 0 fully saturated rings. The van der Waals surface area contributed by atoms with Crippen molar-refractivity contribution in [3.05, 3.63) is 76.4 Å². The molecular weight excluding hydrogens is 394 g/mol. The molecule has 1 amide bonds. The van der Waals surface area contributed by atoms with E-state index in [0.29, 0.717) is 18.4 Å². The predicted octanol–water partition coefficient (Wildman–Crippen LogP) is 2.93. The maximum absolute atomic E-state index is 12.8. The van der Waals surface area contributed by atoms with Gasteiger partial charge in [-0.2, -0.15) is 0 Å².